The zero-order valence-electron chi connectivity index (χ0n) is 11.2. The Morgan fingerprint density at radius 1 is 1.16 bits per heavy atom. The van der Waals surface area contributed by atoms with Gasteiger partial charge in [0, 0.05) is 17.5 Å². The van der Waals surface area contributed by atoms with E-state index >= 15 is 0 Å². The molecular formula is C15H18N2OS. The second-order valence-electron chi connectivity index (χ2n) is 4.03. The normalized spacial score (nSPS) is 10.4. The Bertz CT molecular complexity index is 514. The average molecular weight is 274 g/mol. The predicted octanol–water partition coefficient (Wildman–Crippen LogP) is 3.71. The Morgan fingerprint density at radius 3 is 2.63 bits per heavy atom. The van der Waals surface area contributed by atoms with E-state index in [1.54, 1.807) is 11.8 Å². The third-order valence-electron chi connectivity index (χ3n) is 2.62. The Kier molecular flexibility index (Phi) is 5.24. The molecule has 0 amide bonds. The van der Waals surface area contributed by atoms with Crippen LogP contribution in [0, 0.1) is 0 Å². The molecule has 1 aromatic heterocycles. The Balaban J connectivity index is 2.05. The molecule has 0 aliphatic heterocycles. The Morgan fingerprint density at radius 2 is 1.95 bits per heavy atom. The largest absolute Gasteiger partial charge is 0.439 e. The summed E-state index contributed by atoms with van der Waals surface area (Å²) in [5.74, 6) is 1.44. The molecule has 1 heterocycles. The van der Waals surface area contributed by atoms with Gasteiger partial charge in [0.15, 0.2) is 0 Å². The van der Waals surface area contributed by atoms with Crippen molar-refractivity contribution in [2.24, 2.45) is 0 Å². The van der Waals surface area contributed by atoms with Crippen LogP contribution < -0.4 is 10.1 Å². The van der Waals surface area contributed by atoms with Crippen LogP contribution in [0.2, 0.25) is 0 Å². The van der Waals surface area contributed by atoms with Crippen molar-refractivity contribution in [2.45, 2.75) is 18.4 Å². The van der Waals surface area contributed by atoms with E-state index < -0.39 is 0 Å². The summed E-state index contributed by atoms with van der Waals surface area (Å²) in [6.45, 7) is 3.77. The van der Waals surface area contributed by atoms with Crippen LogP contribution in [0.4, 0.5) is 0 Å². The summed E-state index contributed by atoms with van der Waals surface area (Å²) in [6, 6.07) is 13.8. The highest BCUT2D eigenvalue weighted by molar-refractivity contribution is 7.98. The SMILES string of the molecule is CCNCc1cccc(Oc2ccc(SC)cc2)n1. The molecular weight excluding hydrogens is 256 g/mol. The van der Waals surface area contributed by atoms with E-state index in [2.05, 4.69) is 23.5 Å². The summed E-state index contributed by atoms with van der Waals surface area (Å²) in [6.07, 6.45) is 2.06. The maximum atomic E-state index is 5.75. The van der Waals surface area contributed by atoms with Crippen molar-refractivity contribution in [3.8, 4) is 11.6 Å². The van der Waals surface area contributed by atoms with Gasteiger partial charge in [-0.2, -0.15) is 0 Å². The standard InChI is InChI=1S/C15H18N2OS/c1-3-16-11-12-5-4-6-15(17-12)18-13-7-9-14(19-2)10-8-13/h4-10,16H,3,11H2,1-2H3. The van der Waals surface area contributed by atoms with E-state index in [0.29, 0.717) is 5.88 Å². The van der Waals surface area contributed by atoms with Crippen molar-refractivity contribution in [1.82, 2.24) is 10.3 Å². The molecule has 0 fully saturated rings. The molecule has 0 radical (unpaired) electrons. The Labute approximate surface area is 118 Å². The first-order valence-electron chi connectivity index (χ1n) is 6.30. The smallest absolute Gasteiger partial charge is 0.219 e. The predicted molar refractivity (Wildman–Crippen MR) is 79.9 cm³/mol. The van der Waals surface area contributed by atoms with E-state index in [0.717, 1.165) is 24.5 Å². The number of hydrogen-bond acceptors (Lipinski definition) is 4. The highest BCUT2D eigenvalue weighted by Gasteiger charge is 2.01. The van der Waals surface area contributed by atoms with Gasteiger partial charge >= 0.3 is 0 Å². The molecule has 0 saturated heterocycles. The molecule has 0 aliphatic rings. The van der Waals surface area contributed by atoms with Gasteiger partial charge in [-0.1, -0.05) is 13.0 Å². The fourth-order valence-electron chi connectivity index (χ4n) is 1.63. The third-order valence-corrected chi connectivity index (χ3v) is 3.36. The maximum absolute atomic E-state index is 5.75. The number of nitrogens with zero attached hydrogens (tertiary/aromatic N) is 1. The molecule has 2 aromatic rings. The van der Waals surface area contributed by atoms with E-state index in [1.165, 1.54) is 4.90 Å². The number of hydrogen-bond donors (Lipinski definition) is 1. The summed E-state index contributed by atoms with van der Waals surface area (Å²) >= 11 is 1.72. The monoisotopic (exact) mass is 274 g/mol. The van der Waals surface area contributed by atoms with Gasteiger partial charge in [0.05, 0.1) is 5.69 Å². The number of thioether (sulfide) groups is 1. The molecule has 100 valence electrons. The lowest BCUT2D eigenvalue weighted by Crippen LogP contribution is -2.12. The molecule has 1 aromatic carbocycles. The minimum absolute atomic E-state index is 0.632. The van der Waals surface area contributed by atoms with Crippen LogP contribution in [-0.2, 0) is 6.54 Å². The fourth-order valence-corrected chi connectivity index (χ4v) is 2.04. The first kappa shape index (κ1) is 13.9. The minimum atomic E-state index is 0.632. The molecule has 4 heteroatoms. The van der Waals surface area contributed by atoms with Crippen molar-refractivity contribution in [2.75, 3.05) is 12.8 Å². The number of rotatable bonds is 6. The number of pyridine rings is 1. The van der Waals surface area contributed by atoms with E-state index in [9.17, 15) is 0 Å². The third kappa shape index (κ3) is 4.26. The van der Waals surface area contributed by atoms with Crippen LogP contribution in [0.1, 0.15) is 12.6 Å². The van der Waals surface area contributed by atoms with Crippen LogP contribution >= 0.6 is 11.8 Å². The lowest BCUT2D eigenvalue weighted by atomic mass is 10.3. The quantitative estimate of drug-likeness (QED) is 0.814. The number of aromatic nitrogens is 1. The van der Waals surface area contributed by atoms with Crippen molar-refractivity contribution < 1.29 is 4.74 Å². The molecule has 0 spiro atoms. The molecule has 0 saturated carbocycles. The average Bonchev–Trinajstić information content (AvgIpc) is 2.46. The summed E-state index contributed by atoms with van der Waals surface area (Å²) in [5.41, 5.74) is 0.986. The Hall–Kier alpha value is -1.52. The van der Waals surface area contributed by atoms with E-state index in [1.807, 2.05) is 42.5 Å². The first-order chi connectivity index (χ1) is 9.31. The molecule has 19 heavy (non-hydrogen) atoms. The lowest BCUT2D eigenvalue weighted by Gasteiger charge is -2.07. The van der Waals surface area contributed by atoms with Gasteiger partial charge < -0.3 is 10.1 Å². The van der Waals surface area contributed by atoms with Gasteiger partial charge in [-0.05, 0) is 43.1 Å². The summed E-state index contributed by atoms with van der Waals surface area (Å²) in [5, 5.41) is 3.25. The molecule has 3 nitrogen and oxygen atoms in total. The minimum Gasteiger partial charge on any atom is -0.439 e. The second kappa shape index (κ2) is 7.16. The maximum Gasteiger partial charge on any atom is 0.219 e. The van der Waals surface area contributed by atoms with Gasteiger partial charge in [-0.15, -0.1) is 11.8 Å². The molecule has 0 bridgehead atoms. The van der Waals surface area contributed by atoms with E-state index in [-0.39, 0.29) is 0 Å². The second-order valence-corrected chi connectivity index (χ2v) is 4.90. The van der Waals surface area contributed by atoms with Gasteiger partial charge in [-0.25, -0.2) is 4.98 Å². The molecule has 1 N–H and O–H groups in total. The van der Waals surface area contributed by atoms with E-state index in [4.69, 9.17) is 4.74 Å². The summed E-state index contributed by atoms with van der Waals surface area (Å²) in [4.78, 5) is 5.68. The topological polar surface area (TPSA) is 34.1 Å². The summed E-state index contributed by atoms with van der Waals surface area (Å²) < 4.78 is 5.75. The highest BCUT2D eigenvalue weighted by Crippen LogP contribution is 2.23. The lowest BCUT2D eigenvalue weighted by molar-refractivity contribution is 0.459. The van der Waals surface area contributed by atoms with Crippen molar-refractivity contribution in [3.63, 3.8) is 0 Å². The number of nitrogens with one attached hydrogen (secondary N) is 1. The molecule has 0 unspecified atom stereocenters. The highest BCUT2D eigenvalue weighted by atomic mass is 32.2. The zero-order valence-corrected chi connectivity index (χ0v) is 12.0. The van der Waals surface area contributed by atoms with Crippen LogP contribution in [0.15, 0.2) is 47.4 Å². The van der Waals surface area contributed by atoms with Crippen LogP contribution in [-0.4, -0.2) is 17.8 Å². The summed E-state index contributed by atoms with van der Waals surface area (Å²) in [7, 11) is 0. The van der Waals surface area contributed by atoms with Crippen molar-refractivity contribution in [1.29, 1.82) is 0 Å². The molecule has 0 aliphatic carbocycles. The first-order valence-corrected chi connectivity index (χ1v) is 7.53. The number of benzene rings is 1. The van der Waals surface area contributed by atoms with Gasteiger partial charge in [0.1, 0.15) is 5.75 Å². The number of ether oxygens (including phenoxy) is 1. The molecule has 0 atom stereocenters. The fraction of sp³-hybridized carbons (Fsp3) is 0.267. The molecule has 2 rings (SSSR count). The van der Waals surface area contributed by atoms with Crippen molar-refractivity contribution >= 4 is 11.8 Å². The van der Waals surface area contributed by atoms with Crippen molar-refractivity contribution in [3.05, 3.63) is 48.2 Å². The van der Waals surface area contributed by atoms with Gasteiger partial charge in [-0.3, -0.25) is 0 Å². The van der Waals surface area contributed by atoms with Crippen LogP contribution in [0.5, 0.6) is 11.6 Å². The van der Waals surface area contributed by atoms with Gasteiger partial charge in [0.2, 0.25) is 5.88 Å². The van der Waals surface area contributed by atoms with Gasteiger partial charge in [0.25, 0.3) is 0 Å². The van der Waals surface area contributed by atoms with Crippen LogP contribution in [0.3, 0.4) is 0 Å². The zero-order chi connectivity index (χ0) is 13.5. The van der Waals surface area contributed by atoms with Crippen LogP contribution in [0.25, 0.3) is 0 Å².